The number of carbonyl (C=O) groups excluding carboxylic acids is 2. The average Bonchev–Trinajstić information content (AvgIpc) is 3.14. The summed E-state index contributed by atoms with van der Waals surface area (Å²) >= 11 is 6.04. The fourth-order valence-corrected chi connectivity index (χ4v) is 5.39. The van der Waals surface area contributed by atoms with Crippen LogP contribution in [0.5, 0.6) is 0 Å². The molecule has 6 N–H and O–H groups in total. The Kier molecular flexibility index (Phi) is 11.6. The van der Waals surface area contributed by atoms with Crippen molar-refractivity contribution in [3.8, 4) is 0 Å². The standard InChI is InChI=1S/C33H39ClN6O2/c34-27-14-7-9-24(21-27)16-17-31(41)38-22-28-18-20-40(32(42)30(39-28)15-8-19-37-33(35)36)23-29(25-10-3-1-4-11-25)26-12-5-2-6-13-26/h1-7,9-14,16-17,21,28-30,39H,8,15,18-20,22-23H2,(H,38,41)(H4,35,36,37)/t28-,30-/m0/s1. The first-order valence-electron chi connectivity index (χ1n) is 14.3. The number of halogens is 1. The van der Waals surface area contributed by atoms with E-state index in [2.05, 4.69) is 39.9 Å². The van der Waals surface area contributed by atoms with Crippen LogP contribution in [0.15, 0.2) is 96.0 Å². The van der Waals surface area contributed by atoms with Gasteiger partial charge in [-0.1, -0.05) is 84.4 Å². The van der Waals surface area contributed by atoms with Gasteiger partial charge in [-0.05, 0) is 54.2 Å². The van der Waals surface area contributed by atoms with Crippen LogP contribution in [0.2, 0.25) is 5.02 Å². The minimum absolute atomic E-state index is 0.0338. The number of amides is 2. The fourth-order valence-electron chi connectivity index (χ4n) is 5.19. The highest BCUT2D eigenvalue weighted by Crippen LogP contribution is 2.27. The SMILES string of the molecule is NC(N)=NCCC[C@@H]1N[C@H](CNC(=O)C=Cc2cccc(Cl)c2)CCN(CC(c2ccccc2)c2ccccc2)C1=O. The zero-order valence-corrected chi connectivity index (χ0v) is 24.4. The average molecular weight is 587 g/mol. The summed E-state index contributed by atoms with van der Waals surface area (Å²) in [4.78, 5) is 32.6. The number of hydrogen-bond acceptors (Lipinski definition) is 4. The molecule has 2 atom stereocenters. The van der Waals surface area contributed by atoms with E-state index in [1.54, 1.807) is 18.2 Å². The molecule has 0 aliphatic carbocycles. The first kappa shape index (κ1) is 30.8. The molecule has 1 heterocycles. The van der Waals surface area contributed by atoms with Crippen molar-refractivity contribution in [1.29, 1.82) is 0 Å². The van der Waals surface area contributed by atoms with Crippen molar-refractivity contribution in [3.05, 3.63) is 113 Å². The molecule has 3 aromatic carbocycles. The van der Waals surface area contributed by atoms with Crippen LogP contribution < -0.4 is 22.1 Å². The number of rotatable bonds is 12. The summed E-state index contributed by atoms with van der Waals surface area (Å²) in [5.41, 5.74) is 14.2. The molecule has 220 valence electrons. The predicted octanol–water partition coefficient (Wildman–Crippen LogP) is 3.91. The molecule has 1 saturated heterocycles. The molecule has 0 bridgehead atoms. The van der Waals surface area contributed by atoms with Gasteiger partial charge in [-0.15, -0.1) is 0 Å². The molecular formula is C33H39ClN6O2. The number of nitrogens with one attached hydrogen (secondary N) is 2. The molecule has 1 aliphatic rings. The largest absolute Gasteiger partial charge is 0.370 e. The van der Waals surface area contributed by atoms with Crippen LogP contribution in [0.1, 0.15) is 41.9 Å². The molecule has 0 spiro atoms. The van der Waals surface area contributed by atoms with Gasteiger partial charge in [0.1, 0.15) is 0 Å². The second kappa shape index (κ2) is 15.7. The third kappa shape index (κ3) is 9.46. The van der Waals surface area contributed by atoms with Crippen molar-refractivity contribution in [1.82, 2.24) is 15.5 Å². The Bertz CT molecular complexity index is 1320. The van der Waals surface area contributed by atoms with Gasteiger partial charge in [0, 0.05) is 49.2 Å². The molecule has 4 rings (SSSR count). The van der Waals surface area contributed by atoms with Crippen LogP contribution in [0.3, 0.4) is 0 Å². The van der Waals surface area contributed by atoms with Crippen LogP contribution in [0.4, 0.5) is 0 Å². The van der Waals surface area contributed by atoms with Gasteiger partial charge < -0.3 is 27.0 Å². The van der Waals surface area contributed by atoms with Crippen molar-refractivity contribution >= 4 is 35.5 Å². The number of hydrogen-bond donors (Lipinski definition) is 4. The van der Waals surface area contributed by atoms with Crippen molar-refractivity contribution in [2.24, 2.45) is 16.5 Å². The van der Waals surface area contributed by atoms with E-state index in [9.17, 15) is 9.59 Å². The lowest BCUT2D eigenvalue weighted by Gasteiger charge is -2.29. The topological polar surface area (TPSA) is 126 Å². The number of benzene rings is 3. The fraction of sp³-hybridized carbons (Fsp3) is 0.303. The highest BCUT2D eigenvalue weighted by atomic mass is 35.5. The first-order valence-corrected chi connectivity index (χ1v) is 14.7. The van der Waals surface area contributed by atoms with Crippen molar-refractivity contribution in [3.63, 3.8) is 0 Å². The lowest BCUT2D eigenvalue weighted by molar-refractivity contribution is -0.133. The van der Waals surface area contributed by atoms with E-state index < -0.39 is 6.04 Å². The molecule has 3 aromatic rings. The molecule has 0 saturated carbocycles. The monoisotopic (exact) mass is 586 g/mol. The van der Waals surface area contributed by atoms with E-state index in [4.69, 9.17) is 23.1 Å². The first-order chi connectivity index (χ1) is 20.4. The summed E-state index contributed by atoms with van der Waals surface area (Å²) in [7, 11) is 0. The molecule has 2 amide bonds. The van der Waals surface area contributed by atoms with E-state index >= 15 is 0 Å². The van der Waals surface area contributed by atoms with Gasteiger partial charge in [-0.3, -0.25) is 14.6 Å². The zero-order chi connectivity index (χ0) is 29.7. The molecule has 1 fully saturated rings. The van der Waals surface area contributed by atoms with E-state index in [-0.39, 0.29) is 29.7 Å². The number of nitrogens with zero attached hydrogens (tertiary/aromatic N) is 2. The number of aliphatic imine (C=N–C) groups is 1. The van der Waals surface area contributed by atoms with Crippen LogP contribution in [-0.4, -0.2) is 60.9 Å². The maximum absolute atomic E-state index is 13.9. The quantitative estimate of drug-likeness (QED) is 0.111. The van der Waals surface area contributed by atoms with E-state index in [1.165, 1.54) is 6.08 Å². The van der Waals surface area contributed by atoms with Gasteiger partial charge in [0.05, 0.1) is 6.04 Å². The molecule has 9 heteroatoms. The number of nitrogens with two attached hydrogens (primary N) is 2. The summed E-state index contributed by atoms with van der Waals surface area (Å²) < 4.78 is 0. The van der Waals surface area contributed by atoms with E-state index in [1.807, 2.05) is 53.4 Å². The molecule has 8 nitrogen and oxygen atoms in total. The zero-order valence-electron chi connectivity index (χ0n) is 23.7. The second-order valence-electron chi connectivity index (χ2n) is 10.4. The van der Waals surface area contributed by atoms with Crippen molar-refractivity contribution in [2.75, 3.05) is 26.2 Å². The summed E-state index contributed by atoms with van der Waals surface area (Å²) in [6.45, 7) is 1.97. The van der Waals surface area contributed by atoms with Gasteiger partial charge in [-0.25, -0.2) is 0 Å². The van der Waals surface area contributed by atoms with Gasteiger partial charge in [-0.2, -0.15) is 0 Å². The summed E-state index contributed by atoms with van der Waals surface area (Å²) in [5, 5.41) is 7.11. The molecule has 0 aromatic heterocycles. The van der Waals surface area contributed by atoms with Crippen LogP contribution in [-0.2, 0) is 9.59 Å². The highest BCUT2D eigenvalue weighted by molar-refractivity contribution is 6.30. The minimum atomic E-state index is -0.419. The molecule has 1 aliphatic heterocycles. The van der Waals surface area contributed by atoms with Gasteiger partial charge >= 0.3 is 0 Å². The maximum atomic E-state index is 13.9. The Balaban J connectivity index is 1.46. The Morgan fingerprint density at radius 3 is 2.38 bits per heavy atom. The van der Waals surface area contributed by atoms with Gasteiger partial charge in [0.25, 0.3) is 0 Å². The number of carbonyl (C=O) groups is 2. The van der Waals surface area contributed by atoms with Crippen LogP contribution >= 0.6 is 11.6 Å². The Hall–Kier alpha value is -4.14. The minimum Gasteiger partial charge on any atom is -0.370 e. The molecule has 0 unspecified atom stereocenters. The molecular weight excluding hydrogens is 548 g/mol. The highest BCUT2D eigenvalue weighted by Gasteiger charge is 2.32. The second-order valence-corrected chi connectivity index (χ2v) is 10.9. The third-order valence-corrected chi connectivity index (χ3v) is 7.58. The maximum Gasteiger partial charge on any atom is 0.244 e. The van der Waals surface area contributed by atoms with Gasteiger partial charge in [0.2, 0.25) is 11.8 Å². The Morgan fingerprint density at radius 2 is 1.74 bits per heavy atom. The van der Waals surface area contributed by atoms with E-state index in [0.29, 0.717) is 50.5 Å². The summed E-state index contributed by atoms with van der Waals surface area (Å²) in [5.74, 6) is -0.0868. The Morgan fingerprint density at radius 1 is 1.05 bits per heavy atom. The third-order valence-electron chi connectivity index (χ3n) is 7.34. The number of guanidine groups is 1. The Labute approximate surface area is 252 Å². The molecule has 0 radical (unpaired) electrons. The lowest BCUT2D eigenvalue weighted by atomic mass is 9.90. The van der Waals surface area contributed by atoms with Crippen LogP contribution in [0, 0.1) is 0 Å². The molecule has 42 heavy (non-hydrogen) atoms. The summed E-state index contributed by atoms with van der Waals surface area (Å²) in [6.07, 6.45) is 5.15. The predicted molar refractivity (Wildman–Crippen MR) is 170 cm³/mol. The smallest absolute Gasteiger partial charge is 0.244 e. The van der Waals surface area contributed by atoms with Crippen LogP contribution in [0.25, 0.3) is 6.08 Å². The van der Waals surface area contributed by atoms with Gasteiger partial charge in [0.15, 0.2) is 5.96 Å². The summed E-state index contributed by atoms with van der Waals surface area (Å²) in [6, 6.07) is 27.4. The lowest BCUT2D eigenvalue weighted by Crippen LogP contribution is -2.49. The normalized spacial score (nSPS) is 17.3. The van der Waals surface area contributed by atoms with E-state index in [0.717, 1.165) is 16.7 Å². The van der Waals surface area contributed by atoms with Crippen molar-refractivity contribution in [2.45, 2.75) is 37.3 Å². The van der Waals surface area contributed by atoms with Crippen molar-refractivity contribution < 1.29 is 9.59 Å².